The first-order valence-electron chi connectivity index (χ1n) is 10.7. The van der Waals surface area contributed by atoms with Gasteiger partial charge in [0, 0.05) is 39.1 Å². The van der Waals surface area contributed by atoms with Crippen molar-refractivity contribution in [1.82, 2.24) is 14.5 Å². The van der Waals surface area contributed by atoms with Gasteiger partial charge in [-0.15, -0.1) is 0 Å². The van der Waals surface area contributed by atoms with E-state index in [-0.39, 0.29) is 0 Å². The Morgan fingerprint density at radius 3 is 2.23 bits per heavy atom. The van der Waals surface area contributed by atoms with Gasteiger partial charge in [-0.05, 0) is 53.1 Å². The van der Waals surface area contributed by atoms with Crippen LogP contribution in [-0.2, 0) is 12.6 Å². The molecule has 5 nitrogen and oxygen atoms in total. The molecule has 1 atom stereocenters. The van der Waals surface area contributed by atoms with Crippen molar-refractivity contribution in [2.24, 2.45) is 7.05 Å². The number of ether oxygens (including phenoxy) is 1. The summed E-state index contributed by atoms with van der Waals surface area (Å²) in [5.74, 6) is 0.427. The predicted octanol–water partition coefficient (Wildman–Crippen LogP) is 6.89. The van der Waals surface area contributed by atoms with Crippen molar-refractivity contribution >= 4 is 45.7 Å². The molecule has 0 fully saturated rings. The number of hydrogen-bond donors (Lipinski definition) is 1. The molecule has 3 aromatic carbocycles. The van der Waals surface area contributed by atoms with Crippen molar-refractivity contribution in [3.8, 4) is 17.0 Å². The molecule has 5 rings (SSSR count). The Morgan fingerprint density at radius 2 is 1.60 bits per heavy atom. The molecule has 0 saturated heterocycles. The minimum absolute atomic E-state index is 0.427. The monoisotopic (exact) mass is 523 g/mol. The van der Waals surface area contributed by atoms with E-state index in [2.05, 4.69) is 9.97 Å². The SMILES string of the molecule is COc1cc(-c2c(Cl)cccc2Cl)c2cc(C(O)(c3ccc(Cl)cc3)c3cncn3C)ccc2n1. The Labute approximate surface area is 217 Å². The van der Waals surface area contributed by atoms with Crippen LogP contribution < -0.4 is 4.74 Å². The van der Waals surface area contributed by atoms with Crippen LogP contribution in [0.25, 0.3) is 22.0 Å². The van der Waals surface area contributed by atoms with Gasteiger partial charge in [-0.2, -0.15) is 0 Å². The summed E-state index contributed by atoms with van der Waals surface area (Å²) in [4.78, 5) is 8.84. The molecule has 8 heteroatoms. The fourth-order valence-corrected chi connectivity index (χ4v) is 5.08. The van der Waals surface area contributed by atoms with Crippen molar-refractivity contribution < 1.29 is 9.84 Å². The third-order valence-corrected chi connectivity index (χ3v) is 6.98. The number of imidazole rings is 1. The number of fused-ring (bicyclic) bond motifs is 1. The summed E-state index contributed by atoms with van der Waals surface area (Å²) < 4.78 is 7.23. The molecule has 5 aromatic rings. The zero-order valence-electron chi connectivity index (χ0n) is 18.8. The standard InChI is InChI=1S/C27H20Cl3N3O2/c1-33-15-31-14-24(33)27(34,16-6-9-18(28)10-7-16)17-8-11-23-19(12-17)20(13-25(32-23)35-2)26-21(29)4-3-5-22(26)30/h3-15,34H,1-2H3. The molecular formula is C27H20Cl3N3O2. The number of rotatable bonds is 5. The van der Waals surface area contributed by atoms with E-state index >= 15 is 0 Å². The van der Waals surface area contributed by atoms with Crippen LogP contribution in [0.2, 0.25) is 15.1 Å². The Hall–Kier alpha value is -3.09. The fraction of sp³-hybridized carbons (Fsp3) is 0.111. The van der Waals surface area contributed by atoms with Gasteiger partial charge in [-0.1, -0.05) is 59.1 Å². The number of nitrogens with zero attached hydrogens (tertiary/aromatic N) is 3. The van der Waals surface area contributed by atoms with Crippen LogP contribution in [0, 0.1) is 0 Å². The highest BCUT2D eigenvalue weighted by Crippen LogP contribution is 2.43. The lowest BCUT2D eigenvalue weighted by molar-refractivity contribution is 0.117. The van der Waals surface area contributed by atoms with Crippen LogP contribution in [-0.4, -0.2) is 26.8 Å². The summed E-state index contributed by atoms with van der Waals surface area (Å²) in [5, 5.41) is 14.6. The molecule has 0 aliphatic carbocycles. The lowest BCUT2D eigenvalue weighted by Crippen LogP contribution is -2.31. The Bertz CT molecular complexity index is 1530. The van der Waals surface area contributed by atoms with Gasteiger partial charge >= 0.3 is 0 Å². The van der Waals surface area contributed by atoms with Gasteiger partial charge in [0.15, 0.2) is 5.60 Å². The minimum atomic E-state index is -1.52. The minimum Gasteiger partial charge on any atom is -0.481 e. The average Bonchev–Trinajstić information content (AvgIpc) is 3.29. The summed E-state index contributed by atoms with van der Waals surface area (Å²) >= 11 is 19.3. The Morgan fingerprint density at radius 1 is 0.914 bits per heavy atom. The molecule has 0 radical (unpaired) electrons. The molecule has 0 aliphatic heterocycles. The maximum Gasteiger partial charge on any atom is 0.214 e. The highest BCUT2D eigenvalue weighted by atomic mass is 35.5. The van der Waals surface area contributed by atoms with Gasteiger partial charge in [-0.3, -0.25) is 0 Å². The molecule has 35 heavy (non-hydrogen) atoms. The molecular weight excluding hydrogens is 505 g/mol. The number of methoxy groups -OCH3 is 1. The Kier molecular flexibility index (Phi) is 6.20. The van der Waals surface area contributed by atoms with Crippen molar-refractivity contribution in [3.05, 3.63) is 111 Å². The third-order valence-electron chi connectivity index (χ3n) is 6.09. The summed E-state index contributed by atoms with van der Waals surface area (Å²) in [5.41, 5.74) is 2.41. The number of halogens is 3. The maximum atomic E-state index is 12.3. The number of aliphatic hydroxyl groups is 1. The van der Waals surface area contributed by atoms with E-state index in [0.717, 1.165) is 10.9 Å². The number of pyridine rings is 1. The van der Waals surface area contributed by atoms with Crippen molar-refractivity contribution in [2.45, 2.75) is 5.60 Å². The number of benzene rings is 3. The van der Waals surface area contributed by atoms with E-state index in [1.807, 2.05) is 25.2 Å². The zero-order chi connectivity index (χ0) is 24.7. The number of aryl methyl sites for hydroxylation is 1. The van der Waals surface area contributed by atoms with Crippen LogP contribution in [0.3, 0.4) is 0 Å². The van der Waals surface area contributed by atoms with Crippen LogP contribution in [0.1, 0.15) is 16.8 Å². The molecule has 0 aliphatic rings. The maximum absolute atomic E-state index is 12.3. The van der Waals surface area contributed by atoms with Crippen LogP contribution in [0.5, 0.6) is 5.88 Å². The van der Waals surface area contributed by atoms with Crippen LogP contribution in [0.15, 0.2) is 79.3 Å². The molecule has 0 bridgehead atoms. The van der Waals surface area contributed by atoms with Crippen LogP contribution >= 0.6 is 34.8 Å². The molecule has 176 valence electrons. The summed E-state index contributed by atoms with van der Waals surface area (Å²) in [7, 11) is 3.40. The third kappa shape index (κ3) is 4.05. The fourth-order valence-electron chi connectivity index (χ4n) is 4.35. The topological polar surface area (TPSA) is 60.2 Å². The van der Waals surface area contributed by atoms with E-state index in [1.54, 1.807) is 72.7 Å². The number of hydrogen-bond acceptors (Lipinski definition) is 4. The predicted molar refractivity (Wildman–Crippen MR) is 141 cm³/mol. The highest BCUT2D eigenvalue weighted by molar-refractivity contribution is 6.39. The highest BCUT2D eigenvalue weighted by Gasteiger charge is 2.37. The summed E-state index contributed by atoms with van der Waals surface area (Å²) in [6, 6.07) is 19.9. The first kappa shape index (κ1) is 23.6. The van der Waals surface area contributed by atoms with Gasteiger partial charge < -0.3 is 14.4 Å². The second-order valence-corrected chi connectivity index (χ2v) is 9.40. The smallest absolute Gasteiger partial charge is 0.214 e. The molecule has 0 spiro atoms. The largest absolute Gasteiger partial charge is 0.481 e. The van der Waals surface area contributed by atoms with Gasteiger partial charge in [0.2, 0.25) is 5.88 Å². The molecule has 1 N–H and O–H groups in total. The summed E-state index contributed by atoms with van der Waals surface area (Å²) in [6.07, 6.45) is 3.30. The lowest BCUT2D eigenvalue weighted by Gasteiger charge is -2.30. The molecule has 0 saturated carbocycles. The zero-order valence-corrected chi connectivity index (χ0v) is 21.1. The van der Waals surface area contributed by atoms with Crippen LogP contribution in [0.4, 0.5) is 0 Å². The normalized spacial score (nSPS) is 13.1. The number of aromatic nitrogens is 3. The van der Waals surface area contributed by atoms with Crippen molar-refractivity contribution in [1.29, 1.82) is 0 Å². The first-order chi connectivity index (χ1) is 16.8. The summed E-state index contributed by atoms with van der Waals surface area (Å²) in [6.45, 7) is 0. The quantitative estimate of drug-likeness (QED) is 0.272. The van der Waals surface area contributed by atoms with Gasteiger partial charge in [0.1, 0.15) is 0 Å². The van der Waals surface area contributed by atoms with Gasteiger partial charge in [-0.25, -0.2) is 9.97 Å². The Balaban J connectivity index is 1.83. The van der Waals surface area contributed by atoms with Crippen molar-refractivity contribution in [3.63, 3.8) is 0 Å². The molecule has 2 aromatic heterocycles. The molecule has 2 heterocycles. The van der Waals surface area contributed by atoms with Gasteiger partial charge in [0.05, 0.1) is 30.8 Å². The van der Waals surface area contributed by atoms with E-state index in [0.29, 0.717) is 48.8 Å². The lowest BCUT2D eigenvalue weighted by atomic mass is 9.82. The average molecular weight is 525 g/mol. The van der Waals surface area contributed by atoms with E-state index in [9.17, 15) is 5.11 Å². The second kappa shape index (κ2) is 9.17. The first-order valence-corrected chi connectivity index (χ1v) is 11.8. The van der Waals surface area contributed by atoms with E-state index < -0.39 is 5.60 Å². The molecule has 0 amide bonds. The second-order valence-electron chi connectivity index (χ2n) is 8.15. The van der Waals surface area contributed by atoms with Crippen molar-refractivity contribution in [2.75, 3.05) is 7.11 Å². The molecule has 1 unspecified atom stereocenters. The van der Waals surface area contributed by atoms with E-state index in [1.165, 1.54) is 0 Å². The van der Waals surface area contributed by atoms with Gasteiger partial charge in [0.25, 0.3) is 0 Å². The van der Waals surface area contributed by atoms with E-state index in [4.69, 9.17) is 39.5 Å².